The molecule has 0 radical (unpaired) electrons. The molecule has 4 nitrogen and oxygen atoms in total. The molecule has 100 valence electrons. The second-order valence-corrected chi connectivity index (χ2v) is 4.88. The molecule has 19 heavy (non-hydrogen) atoms. The predicted octanol–water partition coefficient (Wildman–Crippen LogP) is 3.66. The highest BCUT2D eigenvalue weighted by atomic mass is 35.5. The van der Waals surface area contributed by atoms with Crippen LogP contribution >= 0.6 is 23.2 Å². The molecule has 3 N–H and O–H groups in total. The molecule has 2 aromatic rings. The van der Waals surface area contributed by atoms with Crippen molar-refractivity contribution in [3.63, 3.8) is 0 Å². The normalized spacial score (nSPS) is 12.2. The van der Waals surface area contributed by atoms with E-state index < -0.39 is 0 Å². The number of amides is 1. The van der Waals surface area contributed by atoms with Gasteiger partial charge in [-0.05, 0) is 31.2 Å². The first-order valence-corrected chi connectivity index (χ1v) is 6.33. The average molecular weight is 299 g/mol. The highest BCUT2D eigenvalue weighted by molar-refractivity contribution is 6.39. The first-order valence-electron chi connectivity index (χ1n) is 5.58. The minimum Gasteiger partial charge on any atom is -0.467 e. The number of halogens is 2. The van der Waals surface area contributed by atoms with E-state index >= 15 is 0 Å². The van der Waals surface area contributed by atoms with Gasteiger partial charge in [-0.1, -0.05) is 23.2 Å². The summed E-state index contributed by atoms with van der Waals surface area (Å²) in [6, 6.07) is 6.25. The van der Waals surface area contributed by atoms with Crippen LogP contribution in [-0.2, 0) is 0 Å². The molecule has 0 saturated heterocycles. The van der Waals surface area contributed by atoms with Gasteiger partial charge in [0.05, 0.1) is 28.0 Å². The molecule has 1 unspecified atom stereocenters. The van der Waals surface area contributed by atoms with Crippen molar-refractivity contribution in [1.29, 1.82) is 0 Å². The molecule has 0 fully saturated rings. The minimum atomic E-state index is -0.298. The number of benzene rings is 1. The van der Waals surface area contributed by atoms with Crippen molar-refractivity contribution in [2.45, 2.75) is 13.0 Å². The number of hydrogen-bond acceptors (Lipinski definition) is 3. The van der Waals surface area contributed by atoms with Gasteiger partial charge in [0, 0.05) is 5.56 Å². The third kappa shape index (κ3) is 3.03. The fourth-order valence-corrected chi connectivity index (χ4v) is 2.09. The molecule has 0 aliphatic rings. The lowest BCUT2D eigenvalue weighted by molar-refractivity contribution is 0.0935. The number of nitrogens with one attached hydrogen (secondary N) is 1. The van der Waals surface area contributed by atoms with Gasteiger partial charge in [0.1, 0.15) is 5.76 Å². The average Bonchev–Trinajstić information content (AvgIpc) is 2.89. The maximum atomic E-state index is 12.1. The van der Waals surface area contributed by atoms with E-state index in [1.54, 1.807) is 18.4 Å². The maximum Gasteiger partial charge on any atom is 0.251 e. The molecule has 6 heteroatoms. The molecule has 0 spiro atoms. The monoisotopic (exact) mass is 298 g/mol. The molecular weight excluding hydrogens is 287 g/mol. The van der Waals surface area contributed by atoms with Crippen LogP contribution in [0, 0.1) is 0 Å². The van der Waals surface area contributed by atoms with E-state index in [0.717, 1.165) is 0 Å². The van der Waals surface area contributed by atoms with E-state index in [4.69, 9.17) is 33.4 Å². The Kier molecular flexibility index (Phi) is 4.02. The highest BCUT2D eigenvalue weighted by Gasteiger charge is 2.15. The van der Waals surface area contributed by atoms with Crippen LogP contribution in [0.15, 0.2) is 34.9 Å². The molecule has 2 rings (SSSR count). The number of carbonyl (C=O) groups is 1. The standard InChI is InChI=1S/C13H12Cl2N2O2/c1-7(11-3-2-4-19-11)17-13(18)8-5-9(14)12(16)10(15)6-8/h2-7H,16H2,1H3,(H,17,18). The quantitative estimate of drug-likeness (QED) is 0.850. The van der Waals surface area contributed by atoms with Crippen LogP contribution in [0.4, 0.5) is 5.69 Å². The summed E-state index contributed by atoms with van der Waals surface area (Å²) < 4.78 is 5.21. The number of anilines is 1. The Bertz CT molecular complexity index is 574. The number of furan rings is 1. The van der Waals surface area contributed by atoms with Crippen LogP contribution in [0.5, 0.6) is 0 Å². The smallest absolute Gasteiger partial charge is 0.251 e. The van der Waals surface area contributed by atoms with Gasteiger partial charge in [-0.2, -0.15) is 0 Å². The van der Waals surface area contributed by atoms with Crippen molar-refractivity contribution in [3.8, 4) is 0 Å². The van der Waals surface area contributed by atoms with Crippen LogP contribution in [0.1, 0.15) is 29.1 Å². The maximum absolute atomic E-state index is 12.1. The van der Waals surface area contributed by atoms with E-state index in [1.807, 2.05) is 6.92 Å². The molecule has 1 heterocycles. The Morgan fingerprint density at radius 3 is 2.53 bits per heavy atom. The molecule has 1 amide bonds. The van der Waals surface area contributed by atoms with Gasteiger partial charge in [0.2, 0.25) is 0 Å². The molecule has 1 aromatic heterocycles. The van der Waals surface area contributed by atoms with Gasteiger partial charge >= 0.3 is 0 Å². The Morgan fingerprint density at radius 1 is 1.37 bits per heavy atom. The summed E-state index contributed by atoms with van der Waals surface area (Å²) in [6.45, 7) is 1.82. The van der Waals surface area contributed by atoms with Gasteiger partial charge in [0.15, 0.2) is 0 Å². The second kappa shape index (κ2) is 5.55. The number of nitrogen functional groups attached to an aromatic ring is 1. The van der Waals surface area contributed by atoms with E-state index in [1.165, 1.54) is 12.1 Å². The van der Waals surface area contributed by atoms with E-state index in [2.05, 4.69) is 5.32 Å². The number of rotatable bonds is 3. The van der Waals surface area contributed by atoms with Crippen molar-refractivity contribution < 1.29 is 9.21 Å². The number of nitrogens with two attached hydrogens (primary N) is 1. The Morgan fingerprint density at radius 2 is 2.00 bits per heavy atom. The molecule has 0 aliphatic heterocycles. The van der Waals surface area contributed by atoms with Gasteiger partial charge in [-0.3, -0.25) is 4.79 Å². The van der Waals surface area contributed by atoms with Crippen molar-refractivity contribution in [3.05, 3.63) is 51.9 Å². The summed E-state index contributed by atoms with van der Waals surface area (Å²) in [5.74, 6) is 0.369. The molecule has 0 bridgehead atoms. The van der Waals surface area contributed by atoms with Crippen LogP contribution in [0.3, 0.4) is 0 Å². The molecule has 1 atom stereocenters. The fraction of sp³-hybridized carbons (Fsp3) is 0.154. The lowest BCUT2D eigenvalue weighted by Gasteiger charge is -2.12. The Hall–Kier alpha value is -1.65. The lowest BCUT2D eigenvalue weighted by atomic mass is 10.1. The van der Waals surface area contributed by atoms with E-state index in [-0.39, 0.29) is 27.7 Å². The number of hydrogen-bond donors (Lipinski definition) is 2. The van der Waals surface area contributed by atoms with E-state index in [0.29, 0.717) is 11.3 Å². The summed E-state index contributed by atoms with van der Waals surface area (Å²) in [5, 5.41) is 3.29. The van der Waals surface area contributed by atoms with Gasteiger partial charge in [-0.25, -0.2) is 0 Å². The van der Waals surface area contributed by atoms with Crippen LogP contribution in [0.25, 0.3) is 0 Å². The van der Waals surface area contributed by atoms with E-state index in [9.17, 15) is 4.79 Å². The van der Waals surface area contributed by atoms with Gasteiger partial charge < -0.3 is 15.5 Å². The lowest BCUT2D eigenvalue weighted by Crippen LogP contribution is -2.26. The first-order chi connectivity index (χ1) is 8.99. The van der Waals surface area contributed by atoms with Crippen LogP contribution in [0.2, 0.25) is 10.0 Å². The van der Waals surface area contributed by atoms with Crippen LogP contribution in [-0.4, -0.2) is 5.91 Å². The van der Waals surface area contributed by atoms with Crippen molar-refractivity contribution in [2.24, 2.45) is 0 Å². The zero-order valence-corrected chi connectivity index (χ0v) is 11.6. The molecule has 1 aromatic carbocycles. The van der Waals surface area contributed by atoms with Crippen LogP contribution < -0.4 is 11.1 Å². The van der Waals surface area contributed by atoms with Gasteiger partial charge in [0.25, 0.3) is 5.91 Å². The Labute approximate surface area is 120 Å². The predicted molar refractivity (Wildman–Crippen MR) is 75.5 cm³/mol. The van der Waals surface area contributed by atoms with Gasteiger partial charge in [-0.15, -0.1) is 0 Å². The summed E-state index contributed by atoms with van der Waals surface area (Å²) in [7, 11) is 0. The summed E-state index contributed by atoms with van der Waals surface area (Å²) in [6.07, 6.45) is 1.55. The highest BCUT2D eigenvalue weighted by Crippen LogP contribution is 2.29. The zero-order chi connectivity index (χ0) is 14.0. The molecule has 0 aliphatic carbocycles. The second-order valence-electron chi connectivity index (χ2n) is 4.06. The minimum absolute atomic E-state index is 0.252. The topological polar surface area (TPSA) is 68.3 Å². The van der Waals surface area contributed by atoms with Crippen molar-refractivity contribution >= 4 is 34.8 Å². The SMILES string of the molecule is CC(NC(=O)c1cc(Cl)c(N)c(Cl)c1)c1ccco1. The third-order valence-corrected chi connectivity index (χ3v) is 3.28. The number of carbonyl (C=O) groups excluding carboxylic acids is 1. The zero-order valence-electron chi connectivity index (χ0n) is 10.1. The molecule has 0 saturated carbocycles. The summed E-state index contributed by atoms with van der Waals surface area (Å²) >= 11 is 11.8. The van der Waals surface area contributed by atoms with Crippen molar-refractivity contribution in [1.82, 2.24) is 5.32 Å². The largest absolute Gasteiger partial charge is 0.467 e. The summed E-state index contributed by atoms with van der Waals surface area (Å²) in [5.41, 5.74) is 6.23. The summed E-state index contributed by atoms with van der Waals surface area (Å²) in [4.78, 5) is 12.1. The Balaban J connectivity index is 2.16. The fourth-order valence-electron chi connectivity index (χ4n) is 1.60. The third-order valence-electron chi connectivity index (χ3n) is 2.66. The first kappa shape index (κ1) is 13.8. The molecular formula is C13H12Cl2N2O2. The van der Waals surface area contributed by atoms with Crippen molar-refractivity contribution in [2.75, 3.05) is 5.73 Å².